The van der Waals surface area contributed by atoms with Gasteiger partial charge in [0.1, 0.15) is 17.3 Å². The van der Waals surface area contributed by atoms with Crippen LogP contribution in [-0.4, -0.2) is 22.5 Å². The van der Waals surface area contributed by atoms with Crippen molar-refractivity contribution in [2.75, 3.05) is 11.9 Å². The van der Waals surface area contributed by atoms with E-state index in [2.05, 4.69) is 5.32 Å². The molecule has 0 saturated carbocycles. The molecule has 0 spiro atoms. The maximum absolute atomic E-state index is 11.2. The Morgan fingerprint density at radius 3 is 2.70 bits per heavy atom. The highest BCUT2D eigenvalue weighted by Gasteiger charge is 2.32. The average Bonchev–Trinajstić information content (AvgIpc) is 2.43. The fourth-order valence-electron chi connectivity index (χ4n) is 1.62. The summed E-state index contributed by atoms with van der Waals surface area (Å²) in [6.07, 6.45) is 0.376. The number of benzene rings is 1. The zero-order chi connectivity index (χ0) is 15.3. The van der Waals surface area contributed by atoms with E-state index in [-0.39, 0.29) is 23.5 Å². The van der Waals surface area contributed by atoms with Gasteiger partial charge in [0, 0.05) is 6.54 Å². The van der Waals surface area contributed by atoms with Crippen molar-refractivity contribution in [1.29, 1.82) is 5.26 Å². The first-order chi connectivity index (χ1) is 9.35. The van der Waals surface area contributed by atoms with Crippen molar-refractivity contribution in [1.82, 2.24) is 0 Å². The zero-order valence-corrected chi connectivity index (χ0v) is 11.2. The van der Waals surface area contributed by atoms with Crippen molar-refractivity contribution in [2.24, 2.45) is 5.41 Å². The van der Waals surface area contributed by atoms with E-state index >= 15 is 0 Å². The number of nitrogens with one attached hydrogen (secondary N) is 1. The molecule has 0 fully saturated rings. The molecule has 0 heterocycles. The molecule has 7 nitrogen and oxygen atoms in total. The summed E-state index contributed by atoms with van der Waals surface area (Å²) in [6.45, 7) is 3.33. The van der Waals surface area contributed by atoms with E-state index in [0.717, 1.165) is 0 Å². The van der Waals surface area contributed by atoms with E-state index in [1.54, 1.807) is 19.9 Å². The number of rotatable bonds is 6. The Kier molecular flexibility index (Phi) is 4.64. The van der Waals surface area contributed by atoms with Gasteiger partial charge in [-0.2, -0.15) is 5.26 Å². The van der Waals surface area contributed by atoms with E-state index in [1.165, 1.54) is 18.2 Å². The highest BCUT2D eigenvalue weighted by atomic mass is 16.6. The highest BCUT2D eigenvalue weighted by molar-refractivity contribution is 5.76. The van der Waals surface area contributed by atoms with E-state index in [0.29, 0.717) is 6.42 Å². The molecule has 1 unspecified atom stereocenters. The third-order valence-corrected chi connectivity index (χ3v) is 3.30. The van der Waals surface area contributed by atoms with Crippen molar-refractivity contribution >= 4 is 17.3 Å². The quantitative estimate of drug-likeness (QED) is 0.609. The molecule has 0 bridgehead atoms. The van der Waals surface area contributed by atoms with Gasteiger partial charge in [-0.3, -0.25) is 14.9 Å². The number of nitriles is 1. The van der Waals surface area contributed by atoms with Crippen molar-refractivity contribution < 1.29 is 14.8 Å². The predicted octanol–water partition coefficient (Wildman–Crippen LogP) is 2.38. The topological polar surface area (TPSA) is 116 Å². The Balaban J connectivity index is 3.08. The molecular weight excluding hydrogens is 262 g/mol. The van der Waals surface area contributed by atoms with Crippen LogP contribution in [0.25, 0.3) is 0 Å². The molecular formula is C13H15N3O4. The van der Waals surface area contributed by atoms with Crippen molar-refractivity contribution in [2.45, 2.75) is 20.3 Å². The summed E-state index contributed by atoms with van der Waals surface area (Å²) in [6, 6.07) is 6.07. The minimum absolute atomic E-state index is 0.0363. The van der Waals surface area contributed by atoms with Gasteiger partial charge in [-0.15, -0.1) is 0 Å². The van der Waals surface area contributed by atoms with Crippen LogP contribution >= 0.6 is 0 Å². The minimum Gasteiger partial charge on any atom is -0.481 e. The Bertz CT molecular complexity index is 579. The molecule has 20 heavy (non-hydrogen) atoms. The second kappa shape index (κ2) is 6.02. The number of carboxylic acid groups (broad SMARTS) is 1. The first-order valence-electron chi connectivity index (χ1n) is 6.00. The second-order valence-corrected chi connectivity index (χ2v) is 4.64. The van der Waals surface area contributed by atoms with Gasteiger partial charge in [-0.05, 0) is 25.5 Å². The number of carboxylic acids is 1. The number of carbonyl (C=O) groups is 1. The molecule has 1 aromatic carbocycles. The lowest BCUT2D eigenvalue weighted by molar-refractivity contribution is -0.384. The lowest BCUT2D eigenvalue weighted by atomic mass is 9.87. The van der Waals surface area contributed by atoms with Crippen molar-refractivity contribution in [3.05, 3.63) is 33.9 Å². The largest absolute Gasteiger partial charge is 0.481 e. The van der Waals surface area contributed by atoms with Crippen molar-refractivity contribution in [3.8, 4) is 6.07 Å². The summed E-state index contributed by atoms with van der Waals surface area (Å²) in [5.41, 5.74) is -1.28. The molecule has 106 valence electrons. The van der Waals surface area contributed by atoms with E-state index < -0.39 is 16.3 Å². The normalized spacial score (nSPS) is 13.1. The molecule has 0 aromatic heterocycles. The summed E-state index contributed by atoms with van der Waals surface area (Å²) in [4.78, 5) is 21.6. The molecule has 0 amide bonds. The summed E-state index contributed by atoms with van der Waals surface area (Å²) >= 11 is 0. The number of aliphatic carboxylic acids is 1. The van der Waals surface area contributed by atoms with E-state index in [1.807, 2.05) is 0 Å². The van der Waals surface area contributed by atoms with Gasteiger partial charge in [0.2, 0.25) is 0 Å². The average molecular weight is 277 g/mol. The smallest absolute Gasteiger partial charge is 0.311 e. The Morgan fingerprint density at radius 1 is 1.60 bits per heavy atom. The third-order valence-electron chi connectivity index (χ3n) is 3.30. The molecule has 1 atom stereocenters. The lowest BCUT2D eigenvalue weighted by Gasteiger charge is -2.23. The number of nitro benzene ring substituents is 1. The third kappa shape index (κ3) is 3.03. The highest BCUT2D eigenvalue weighted by Crippen LogP contribution is 2.30. The van der Waals surface area contributed by atoms with Gasteiger partial charge < -0.3 is 10.4 Å². The van der Waals surface area contributed by atoms with Crippen LogP contribution in [0.15, 0.2) is 18.2 Å². The number of para-hydroxylation sites is 1. The molecule has 2 N–H and O–H groups in total. The summed E-state index contributed by atoms with van der Waals surface area (Å²) < 4.78 is 0. The van der Waals surface area contributed by atoms with Crippen LogP contribution in [0, 0.1) is 26.9 Å². The van der Waals surface area contributed by atoms with Gasteiger partial charge in [0.15, 0.2) is 0 Å². The second-order valence-electron chi connectivity index (χ2n) is 4.64. The Hall–Kier alpha value is -2.62. The fraction of sp³-hybridized carbons (Fsp3) is 0.385. The first-order valence-corrected chi connectivity index (χ1v) is 6.00. The molecule has 0 aliphatic carbocycles. The molecule has 7 heteroatoms. The van der Waals surface area contributed by atoms with Crippen LogP contribution in [0.4, 0.5) is 11.4 Å². The Morgan fingerprint density at radius 2 is 2.25 bits per heavy atom. The molecule has 0 aliphatic heterocycles. The van der Waals surface area contributed by atoms with Crippen LogP contribution in [0.2, 0.25) is 0 Å². The zero-order valence-electron chi connectivity index (χ0n) is 11.2. The van der Waals surface area contributed by atoms with Gasteiger partial charge in [0.05, 0.1) is 10.3 Å². The van der Waals surface area contributed by atoms with Crippen LogP contribution in [-0.2, 0) is 4.79 Å². The molecule has 0 radical (unpaired) electrons. The molecule has 1 aromatic rings. The van der Waals surface area contributed by atoms with Gasteiger partial charge in [-0.1, -0.05) is 13.0 Å². The van der Waals surface area contributed by atoms with Gasteiger partial charge >= 0.3 is 11.7 Å². The van der Waals surface area contributed by atoms with Crippen LogP contribution < -0.4 is 5.32 Å². The van der Waals surface area contributed by atoms with Crippen molar-refractivity contribution in [3.63, 3.8) is 0 Å². The predicted molar refractivity (Wildman–Crippen MR) is 72.3 cm³/mol. The standard InChI is InChI=1S/C13H15N3O4/c1-3-13(2,12(17)18)8-15-10-6-4-5-9(7-14)11(10)16(19)20/h4-6,15H,3,8H2,1-2H3,(H,17,18). The number of hydrogen-bond donors (Lipinski definition) is 2. The van der Waals surface area contributed by atoms with Crippen LogP contribution in [0.1, 0.15) is 25.8 Å². The first kappa shape index (κ1) is 15.4. The maximum Gasteiger partial charge on any atom is 0.311 e. The summed E-state index contributed by atoms with van der Waals surface area (Å²) in [7, 11) is 0. The van der Waals surface area contributed by atoms with Crippen LogP contribution in [0.3, 0.4) is 0 Å². The maximum atomic E-state index is 11.2. The lowest BCUT2D eigenvalue weighted by Crippen LogP contribution is -2.34. The molecule has 1 rings (SSSR count). The molecule has 0 saturated heterocycles. The fourth-order valence-corrected chi connectivity index (χ4v) is 1.62. The minimum atomic E-state index is -1.03. The monoisotopic (exact) mass is 277 g/mol. The van der Waals surface area contributed by atoms with E-state index in [9.17, 15) is 14.9 Å². The number of anilines is 1. The number of nitrogens with zero attached hydrogens (tertiary/aromatic N) is 2. The van der Waals surface area contributed by atoms with E-state index in [4.69, 9.17) is 10.4 Å². The SMILES string of the molecule is CCC(C)(CNc1cccc(C#N)c1[N+](=O)[O-])C(=O)O. The summed E-state index contributed by atoms with van der Waals surface area (Å²) in [5.74, 6) is -0.980. The number of hydrogen-bond acceptors (Lipinski definition) is 5. The van der Waals surface area contributed by atoms with Gasteiger partial charge in [-0.25, -0.2) is 0 Å². The van der Waals surface area contributed by atoms with Gasteiger partial charge in [0.25, 0.3) is 0 Å². The number of nitro groups is 1. The summed E-state index contributed by atoms with van der Waals surface area (Å²) in [5, 5.41) is 31.8. The van der Waals surface area contributed by atoms with Crippen LogP contribution in [0.5, 0.6) is 0 Å². The molecule has 0 aliphatic rings. The Labute approximate surface area is 116 Å².